The van der Waals surface area contributed by atoms with E-state index in [4.69, 9.17) is 0 Å². The molecule has 1 fully saturated rings. The van der Waals surface area contributed by atoms with Crippen molar-refractivity contribution in [3.63, 3.8) is 0 Å². The predicted octanol–water partition coefficient (Wildman–Crippen LogP) is 4.93. The van der Waals surface area contributed by atoms with Crippen LogP contribution >= 0.6 is 7.92 Å². The van der Waals surface area contributed by atoms with Crippen molar-refractivity contribution in [2.75, 3.05) is 0 Å². The molecule has 0 aromatic heterocycles. The Bertz CT molecular complexity index is 853. The largest absolute Gasteiger partial charge is 0.254 e. The highest BCUT2D eigenvalue weighted by Crippen LogP contribution is 2.57. The third kappa shape index (κ3) is 4.08. The number of hydrogen-bond donors (Lipinski definition) is 0. The summed E-state index contributed by atoms with van der Waals surface area (Å²) in [5.74, 6) is 0. The van der Waals surface area contributed by atoms with Crippen LogP contribution in [0, 0.1) is 37.1 Å². The van der Waals surface area contributed by atoms with E-state index in [1.807, 2.05) is 56.2 Å². The van der Waals surface area contributed by atoms with Gasteiger partial charge in [0.1, 0.15) is 0 Å². The van der Waals surface area contributed by atoms with Crippen LogP contribution in [0.25, 0.3) is 0 Å². The van der Waals surface area contributed by atoms with Gasteiger partial charge in [-0.1, -0.05) is 78.4 Å². The summed E-state index contributed by atoms with van der Waals surface area (Å²) >= 11 is 0. The predicted molar refractivity (Wildman–Crippen MR) is 116 cm³/mol. The van der Waals surface area contributed by atoms with Crippen molar-refractivity contribution < 1.29 is 4.21 Å². The van der Waals surface area contributed by atoms with Crippen LogP contribution in [0.2, 0.25) is 0 Å². The third-order valence-electron chi connectivity index (χ3n) is 4.46. The molecule has 1 nitrogen and oxygen atoms in total. The number of benzene rings is 3. The van der Waals surface area contributed by atoms with Gasteiger partial charge in [-0.25, -0.2) is 0 Å². The Morgan fingerprint density at radius 3 is 1.81 bits per heavy atom. The summed E-state index contributed by atoms with van der Waals surface area (Å²) in [7, 11) is -1.94. The Morgan fingerprint density at radius 2 is 1.26 bits per heavy atom. The Balaban J connectivity index is 1.70. The number of aryl methyl sites for hydroxylation is 1. The molecule has 5 radical (unpaired) electrons. The Labute approximate surface area is 166 Å². The quantitative estimate of drug-likeness (QED) is 0.568. The van der Waals surface area contributed by atoms with Crippen molar-refractivity contribution in [1.29, 1.82) is 0 Å². The van der Waals surface area contributed by atoms with Gasteiger partial charge < -0.3 is 0 Å². The number of hydrogen-bond acceptors (Lipinski definition) is 1. The lowest BCUT2D eigenvalue weighted by atomic mass is 10.2. The minimum Gasteiger partial charge on any atom is -0.254 e. The molecule has 3 heteroatoms. The highest BCUT2D eigenvalue weighted by molar-refractivity contribution is 7.90. The fraction of sp³-hybridized carbons (Fsp3) is 0.0417. The van der Waals surface area contributed by atoms with Gasteiger partial charge in [-0.05, 0) is 56.8 Å². The van der Waals surface area contributed by atoms with E-state index < -0.39 is 18.7 Å². The second kappa shape index (κ2) is 8.50. The van der Waals surface area contributed by atoms with Crippen LogP contribution in [0.1, 0.15) is 5.56 Å². The summed E-state index contributed by atoms with van der Waals surface area (Å²) in [5, 5.41) is 3.46. The zero-order chi connectivity index (χ0) is 18.6. The van der Waals surface area contributed by atoms with E-state index in [1.165, 1.54) is 21.8 Å². The Hall–Kier alpha value is -1.76. The first-order valence-electron chi connectivity index (χ1n) is 8.88. The molecule has 4 rings (SSSR count). The van der Waals surface area contributed by atoms with E-state index >= 15 is 0 Å². The maximum Gasteiger partial charge on any atom is 0.0840 e. The van der Waals surface area contributed by atoms with Gasteiger partial charge >= 0.3 is 0 Å². The molecule has 1 aliphatic rings. The Kier molecular flexibility index (Phi) is 5.86. The van der Waals surface area contributed by atoms with Crippen LogP contribution in [-0.4, -0.2) is 4.21 Å². The highest BCUT2D eigenvalue weighted by atomic mass is 32.2. The summed E-state index contributed by atoms with van der Waals surface area (Å²) in [5.41, 5.74) is 2.34. The van der Waals surface area contributed by atoms with Gasteiger partial charge in [0.05, 0.1) is 16.0 Å². The maximum atomic E-state index is 13.3. The molecule has 0 bridgehead atoms. The molecule has 1 atom stereocenters. The average Bonchev–Trinajstić information content (AvgIpc) is 3.19. The zero-order valence-electron chi connectivity index (χ0n) is 15.1. The van der Waals surface area contributed by atoms with Crippen LogP contribution < -0.4 is 10.6 Å². The molecule has 3 aromatic rings. The second-order valence-electron chi connectivity index (χ2n) is 6.36. The summed E-state index contributed by atoms with van der Waals surface area (Å²) in [6.07, 6.45) is 6.16. The lowest BCUT2D eigenvalue weighted by Crippen LogP contribution is -2.20. The minimum absolute atomic E-state index is 0.752. The van der Waals surface area contributed by atoms with Gasteiger partial charge in [-0.3, -0.25) is 4.21 Å². The molecule has 1 saturated carbocycles. The maximum absolute atomic E-state index is 13.3. The Morgan fingerprint density at radius 1 is 0.704 bits per heavy atom. The summed E-state index contributed by atoms with van der Waals surface area (Å²) in [4.78, 5) is 0.851. The fourth-order valence-electron chi connectivity index (χ4n) is 3.11. The molecule has 0 aliphatic heterocycles. The van der Waals surface area contributed by atoms with Crippen LogP contribution in [0.15, 0.2) is 89.8 Å². The molecule has 0 saturated heterocycles. The van der Waals surface area contributed by atoms with E-state index in [9.17, 15) is 4.21 Å². The van der Waals surface area contributed by atoms with Crippen LogP contribution in [0.5, 0.6) is 0 Å². The monoisotopic (exact) mass is 387 g/mol. The van der Waals surface area contributed by atoms with Crippen molar-refractivity contribution in [2.24, 2.45) is 0 Å². The van der Waals surface area contributed by atoms with Crippen LogP contribution in [0.3, 0.4) is 0 Å². The van der Waals surface area contributed by atoms with Crippen LogP contribution in [0.4, 0.5) is 0 Å². The molecular formula is C24H20OPS. The molecular weight excluding hydrogens is 367 g/mol. The standard InChI is InChI=1S/C24H20OPS/c1-19-15-17-22(18-16-19)27(25)24-14-8-13-23(24)26(20-9-4-2-5-10-20)21-11-6-3-7-12-21/h2-18H,1H3/t27-/m1/s1. The van der Waals surface area contributed by atoms with Gasteiger partial charge in [-0.15, -0.1) is 0 Å². The summed E-state index contributed by atoms with van der Waals surface area (Å²) < 4.78 is 13.3. The third-order valence-corrected chi connectivity index (χ3v) is 8.57. The second-order valence-corrected chi connectivity index (χ2v) is 10.00. The van der Waals surface area contributed by atoms with E-state index in [2.05, 4.69) is 55.0 Å². The number of rotatable bonds is 5. The minimum atomic E-state index is -1.19. The molecule has 0 amide bonds. The fourth-order valence-corrected chi connectivity index (χ4v) is 7.05. The lowest BCUT2D eigenvalue weighted by molar-refractivity contribution is 0.684. The van der Waals surface area contributed by atoms with Crippen molar-refractivity contribution in [2.45, 2.75) is 11.8 Å². The molecule has 27 heavy (non-hydrogen) atoms. The molecule has 0 heterocycles. The van der Waals surface area contributed by atoms with Crippen molar-refractivity contribution in [3.8, 4) is 0 Å². The first-order chi connectivity index (χ1) is 13.2. The summed E-state index contributed by atoms with van der Waals surface area (Å²) in [6, 6.07) is 29.0. The first-order valence-corrected chi connectivity index (χ1v) is 11.4. The van der Waals surface area contributed by atoms with E-state index in [0.717, 1.165) is 10.1 Å². The lowest BCUT2D eigenvalue weighted by Gasteiger charge is -2.28. The van der Waals surface area contributed by atoms with Gasteiger partial charge in [-0.2, -0.15) is 0 Å². The SMILES string of the molecule is Cc1ccc([S@@](=O)[C]2[CH][CH][CH][C]2P(c2ccccc2)c2ccccc2)cc1. The summed E-state index contributed by atoms with van der Waals surface area (Å²) in [6.45, 7) is 2.05. The molecule has 133 valence electrons. The van der Waals surface area contributed by atoms with Gasteiger partial charge in [0.15, 0.2) is 0 Å². The van der Waals surface area contributed by atoms with E-state index in [0.29, 0.717) is 0 Å². The van der Waals surface area contributed by atoms with Gasteiger partial charge in [0.25, 0.3) is 0 Å². The van der Waals surface area contributed by atoms with E-state index in [1.54, 1.807) is 0 Å². The van der Waals surface area contributed by atoms with Crippen molar-refractivity contribution >= 4 is 29.3 Å². The smallest absolute Gasteiger partial charge is 0.0840 e. The molecule has 0 N–H and O–H groups in total. The molecule has 0 spiro atoms. The molecule has 1 aliphatic carbocycles. The topological polar surface area (TPSA) is 17.1 Å². The zero-order valence-corrected chi connectivity index (χ0v) is 16.8. The van der Waals surface area contributed by atoms with Gasteiger partial charge in [0.2, 0.25) is 0 Å². The van der Waals surface area contributed by atoms with Crippen LogP contribution in [-0.2, 0) is 10.8 Å². The van der Waals surface area contributed by atoms with E-state index in [-0.39, 0.29) is 0 Å². The van der Waals surface area contributed by atoms with Crippen molar-refractivity contribution in [3.05, 3.63) is 121 Å². The normalized spacial score (nSPS) is 16.7. The molecule has 3 aromatic carbocycles. The van der Waals surface area contributed by atoms with Gasteiger partial charge in [0, 0.05) is 10.6 Å². The molecule has 0 unspecified atom stereocenters. The average molecular weight is 387 g/mol. The highest BCUT2D eigenvalue weighted by Gasteiger charge is 2.40. The first kappa shape index (κ1) is 18.6. The van der Waals surface area contributed by atoms with Crippen molar-refractivity contribution in [1.82, 2.24) is 0 Å².